The van der Waals surface area contributed by atoms with E-state index in [0.717, 1.165) is 11.3 Å². The quantitative estimate of drug-likeness (QED) is 0.308. The van der Waals surface area contributed by atoms with Crippen LogP contribution in [0.5, 0.6) is 5.75 Å². The summed E-state index contributed by atoms with van der Waals surface area (Å²) in [5.74, 6) is -0.956. The first-order valence-corrected chi connectivity index (χ1v) is 12.8. The third kappa shape index (κ3) is 7.14. The summed E-state index contributed by atoms with van der Waals surface area (Å²) in [6, 6.07) is 9.00. The highest BCUT2D eigenvalue weighted by Gasteiger charge is 2.48. The van der Waals surface area contributed by atoms with Crippen LogP contribution in [0.25, 0.3) is 0 Å². The molecule has 0 saturated heterocycles. The molecule has 4 N–H and O–H groups in total. The van der Waals surface area contributed by atoms with Crippen LogP contribution < -0.4 is 15.4 Å². The zero-order valence-corrected chi connectivity index (χ0v) is 22.9. The number of oxime groups is 1. The highest BCUT2D eigenvalue weighted by atomic mass is 16.7. The molecule has 2 heterocycles. The van der Waals surface area contributed by atoms with Gasteiger partial charge in [-0.25, -0.2) is 0 Å². The summed E-state index contributed by atoms with van der Waals surface area (Å²) in [5, 5.41) is 33.9. The van der Waals surface area contributed by atoms with Gasteiger partial charge in [0, 0.05) is 18.9 Å². The number of nitrogens with zero attached hydrogens (tertiary/aromatic N) is 3. The van der Waals surface area contributed by atoms with E-state index in [1.165, 1.54) is 0 Å². The number of benzene rings is 1. The van der Waals surface area contributed by atoms with Crippen molar-refractivity contribution in [3.05, 3.63) is 47.3 Å². The van der Waals surface area contributed by atoms with Crippen LogP contribution in [-0.4, -0.2) is 69.7 Å². The fourth-order valence-electron chi connectivity index (χ4n) is 4.47. The summed E-state index contributed by atoms with van der Waals surface area (Å²) >= 11 is 0. The maximum Gasteiger partial charge on any atom is 0.475 e. The number of aromatic nitrogens is 2. The van der Waals surface area contributed by atoms with E-state index in [1.807, 2.05) is 46.8 Å². The van der Waals surface area contributed by atoms with Crippen molar-refractivity contribution in [1.82, 2.24) is 20.4 Å². The van der Waals surface area contributed by atoms with Crippen LogP contribution in [0.1, 0.15) is 68.3 Å². The number of carbonyl (C=O) groups is 2. The maximum absolute atomic E-state index is 13.6. The van der Waals surface area contributed by atoms with Crippen molar-refractivity contribution >= 4 is 24.6 Å². The van der Waals surface area contributed by atoms with Gasteiger partial charge >= 0.3 is 7.12 Å². The topological polar surface area (TPSA) is 147 Å². The van der Waals surface area contributed by atoms with Gasteiger partial charge in [-0.15, -0.1) is 0 Å². The molecule has 206 valence electrons. The second kappa shape index (κ2) is 12.4. The van der Waals surface area contributed by atoms with Crippen LogP contribution in [0.15, 0.2) is 35.5 Å². The summed E-state index contributed by atoms with van der Waals surface area (Å²) in [7, 11) is -0.172. The standard InChI is InChI=1S/C26H38BN5O6/c1-16(2)10-23(27(35)36)29-25(34)26(13-19-8-7-9-21(12-19)37-6)14-20(31-38-26)15-28-24(33)22-11-18(5)30-32(22)17(3)4/h7-9,11-12,16-17,23,35-36H,10,13-15H2,1-6H3,(H,28,33)(H,29,34)/t23-,26?/m0/s1. The molecule has 0 saturated carbocycles. The second-order valence-corrected chi connectivity index (χ2v) is 10.5. The van der Waals surface area contributed by atoms with Gasteiger partial charge in [0.05, 0.1) is 31.0 Å². The Morgan fingerprint density at radius 3 is 2.61 bits per heavy atom. The predicted molar refractivity (Wildman–Crippen MR) is 144 cm³/mol. The molecule has 0 fully saturated rings. The van der Waals surface area contributed by atoms with Crippen LogP contribution >= 0.6 is 0 Å². The maximum atomic E-state index is 13.6. The number of amides is 2. The average molecular weight is 527 g/mol. The monoisotopic (exact) mass is 527 g/mol. The lowest BCUT2D eigenvalue weighted by Crippen LogP contribution is -2.56. The van der Waals surface area contributed by atoms with Gasteiger partial charge in [0.1, 0.15) is 11.4 Å². The molecule has 0 spiro atoms. The van der Waals surface area contributed by atoms with E-state index in [0.29, 0.717) is 23.6 Å². The first-order valence-electron chi connectivity index (χ1n) is 12.8. The lowest BCUT2D eigenvalue weighted by Gasteiger charge is -2.29. The first-order chi connectivity index (χ1) is 17.9. The zero-order chi connectivity index (χ0) is 28.0. The van der Waals surface area contributed by atoms with Crippen LogP contribution in [0, 0.1) is 12.8 Å². The molecule has 0 bridgehead atoms. The number of ether oxygens (including phenoxy) is 1. The highest BCUT2D eigenvalue weighted by Crippen LogP contribution is 2.30. The molecule has 2 aromatic rings. The summed E-state index contributed by atoms with van der Waals surface area (Å²) in [4.78, 5) is 32.3. The molecule has 2 amide bonds. The van der Waals surface area contributed by atoms with E-state index in [2.05, 4.69) is 20.9 Å². The minimum Gasteiger partial charge on any atom is -0.497 e. The Labute approximate surface area is 223 Å². The smallest absolute Gasteiger partial charge is 0.475 e. The molecule has 0 radical (unpaired) electrons. The lowest BCUT2D eigenvalue weighted by molar-refractivity contribution is -0.144. The van der Waals surface area contributed by atoms with E-state index in [-0.39, 0.29) is 37.3 Å². The van der Waals surface area contributed by atoms with Crippen LogP contribution in [0.4, 0.5) is 0 Å². The van der Waals surface area contributed by atoms with Gasteiger partial charge in [-0.1, -0.05) is 31.1 Å². The summed E-state index contributed by atoms with van der Waals surface area (Å²) in [6.45, 7) is 9.64. The molecule has 0 aliphatic carbocycles. The Bertz CT molecular complexity index is 1160. The van der Waals surface area contributed by atoms with Gasteiger partial charge in [-0.05, 0) is 56.9 Å². The molecule has 38 heavy (non-hydrogen) atoms. The second-order valence-electron chi connectivity index (χ2n) is 10.5. The molecule has 1 aliphatic heterocycles. The molecular formula is C26H38BN5O6. The van der Waals surface area contributed by atoms with E-state index >= 15 is 0 Å². The van der Waals surface area contributed by atoms with E-state index in [4.69, 9.17) is 9.57 Å². The Balaban J connectivity index is 1.78. The Morgan fingerprint density at radius 1 is 1.24 bits per heavy atom. The van der Waals surface area contributed by atoms with Crippen molar-refractivity contribution in [1.29, 1.82) is 0 Å². The van der Waals surface area contributed by atoms with E-state index in [1.54, 1.807) is 30.0 Å². The zero-order valence-electron chi connectivity index (χ0n) is 22.9. The number of nitrogens with one attached hydrogen (secondary N) is 2. The van der Waals surface area contributed by atoms with Crippen LogP contribution in [0.2, 0.25) is 0 Å². The third-order valence-electron chi connectivity index (χ3n) is 6.31. The molecule has 12 heteroatoms. The van der Waals surface area contributed by atoms with Gasteiger partial charge in [-0.3, -0.25) is 14.3 Å². The van der Waals surface area contributed by atoms with Gasteiger partial charge in [0.25, 0.3) is 11.8 Å². The first kappa shape index (κ1) is 29.2. The van der Waals surface area contributed by atoms with Gasteiger partial charge in [0.15, 0.2) is 0 Å². The van der Waals surface area contributed by atoms with Gasteiger partial charge in [0.2, 0.25) is 5.60 Å². The lowest BCUT2D eigenvalue weighted by atomic mass is 9.74. The highest BCUT2D eigenvalue weighted by molar-refractivity contribution is 6.43. The van der Waals surface area contributed by atoms with Crippen molar-refractivity contribution in [2.24, 2.45) is 11.1 Å². The minimum absolute atomic E-state index is 0.0106. The van der Waals surface area contributed by atoms with Gasteiger partial charge in [-0.2, -0.15) is 5.10 Å². The molecular weight excluding hydrogens is 489 g/mol. The van der Waals surface area contributed by atoms with Gasteiger partial charge < -0.3 is 30.3 Å². The Kier molecular flexibility index (Phi) is 9.56. The summed E-state index contributed by atoms with van der Waals surface area (Å²) in [6.07, 6.45) is 0.631. The third-order valence-corrected chi connectivity index (χ3v) is 6.31. The molecule has 1 aliphatic rings. The number of aryl methyl sites for hydroxylation is 1. The van der Waals surface area contributed by atoms with Crippen molar-refractivity contribution in [2.75, 3.05) is 13.7 Å². The van der Waals surface area contributed by atoms with Crippen molar-refractivity contribution in [2.45, 2.75) is 71.5 Å². The van der Waals surface area contributed by atoms with Crippen molar-refractivity contribution in [3.63, 3.8) is 0 Å². The van der Waals surface area contributed by atoms with Crippen molar-refractivity contribution in [3.8, 4) is 5.75 Å². The molecule has 3 rings (SSSR count). The predicted octanol–water partition coefficient (Wildman–Crippen LogP) is 1.81. The minimum atomic E-state index is -1.73. The molecule has 1 aromatic heterocycles. The number of hydrogen-bond acceptors (Lipinski definition) is 8. The Morgan fingerprint density at radius 2 is 1.97 bits per heavy atom. The van der Waals surface area contributed by atoms with Crippen molar-refractivity contribution < 1.29 is 29.2 Å². The van der Waals surface area contributed by atoms with Crippen LogP contribution in [-0.2, 0) is 16.1 Å². The molecule has 2 atom stereocenters. The SMILES string of the molecule is COc1cccc(CC2(C(=O)N[C@@H](CC(C)C)B(O)O)CC(CNC(=O)c3cc(C)nn3C(C)C)=NO2)c1. The summed E-state index contributed by atoms with van der Waals surface area (Å²) in [5.41, 5.74) is 0.995. The molecule has 11 nitrogen and oxygen atoms in total. The van der Waals surface area contributed by atoms with Crippen LogP contribution in [0.3, 0.4) is 0 Å². The number of carbonyl (C=O) groups excluding carboxylic acids is 2. The number of methoxy groups -OCH3 is 1. The fraction of sp³-hybridized carbons (Fsp3) is 0.538. The Hall–Kier alpha value is -3.38. The average Bonchev–Trinajstić information content (AvgIpc) is 3.46. The normalized spacial score (nSPS) is 17.7. The summed E-state index contributed by atoms with van der Waals surface area (Å²) < 4.78 is 6.98. The van der Waals surface area contributed by atoms with E-state index < -0.39 is 24.6 Å². The molecule has 1 aromatic carbocycles. The fourth-order valence-corrected chi connectivity index (χ4v) is 4.47. The number of hydrogen-bond donors (Lipinski definition) is 4. The largest absolute Gasteiger partial charge is 0.497 e. The number of rotatable bonds is 12. The molecule has 1 unspecified atom stereocenters. The van der Waals surface area contributed by atoms with E-state index in [9.17, 15) is 19.6 Å².